The van der Waals surface area contributed by atoms with Crippen molar-refractivity contribution in [1.82, 2.24) is 0 Å². The third kappa shape index (κ3) is 25.1. The van der Waals surface area contributed by atoms with E-state index in [-0.39, 0.29) is 140 Å². The summed E-state index contributed by atoms with van der Waals surface area (Å²) in [6.07, 6.45) is 3.78. The third-order valence-corrected chi connectivity index (χ3v) is 12.4. The molecule has 0 aliphatic rings. The van der Waals surface area contributed by atoms with Crippen LogP contribution in [0.15, 0.2) is 164 Å². The lowest BCUT2D eigenvalue weighted by atomic mass is 10.0. The number of carbonyl (C=O) groups excluding carboxylic acids is 8. The van der Waals surface area contributed by atoms with E-state index in [0.29, 0.717) is 17.7 Å². The van der Waals surface area contributed by atoms with E-state index < -0.39 is 59.6 Å². The predicted molar refractivity (Wildman–Crippen MR) is 325 cm³/mol. The van der Waals surface area contributed by atoms with E-state index in [1.165, 1.54) is 70.2 Å². The maximum absolute atomic E-state index is 13.7. The van der Waals surface area contributed by atoms with Gasteiger partial charge in [-0.3, -0.25) is 0 Å². The first kappa shape index (κ1) is 69.7. The quantitative estimate of drug-likeness (QED) is 0.0178. The average molecular weight is 1200 g/mol. The topological polar surface area (TPSA) is 238 Å². The van der Waals surface area contributed by atoms with Crippen molar-refractivity contribution < 1.29 is 90.5 Å². The van der Waals surface area contributed by atoms with E-state index in [4.69, 9.17) is 52.1 Å². The molecule has 19 nitrogen and oxygen atoms in total. The summed E-state index contributed by atoms with van der Waals surface area (Å²) < 4.78 is 61.7. The number of ether oxygens (including phenoxy) is 11. The molecule has 0 spiro atoms. The van der Waals surface area contributed by atoms with Crippen LogP contribution in [0.2, 0.25) is 0 Å². The van der Waals surface area contributed by atoms with Crippen molar-refractivity contribution in [1.29, 1.82) is 0 Å². The van der Waals surface area contributed by atoms with Gasteiger partial charge in [0.15, 0.2) is 11.5 Å². The number of rotatable bonds is 36. The molecule has 0 aliphatic carbocycles. The Balaban J connectivity index is 1.41. The Morgan fingerprint density at radius 3 is 1.15 bits per heavy atom. The SMILES string of the molecule is C=C(C)C(=O)OCC(CCOc1ccc(-c2ccc(/C=C/C(=O)Oc3ccc(OC(=O)c4ccc(OCCC(COC(=O)C(=C)C)COC(=O)C(=C)C)c(OCCC(COC(=O)C(=C)C)COC(=O)C(=C)C)c4)cc3C)cc2)cc1)COC(=O)C(=C)C. The van der Waals surface area contributed by atoms with Gasteiger partial charge in [-0.2, -0.15) is 0 Å². The first-order chi connectivity index (χ1) is 41.3. The second-order valence-corrected chi connectivity index (χ2v) is 20.7. The van der Waals surface area contributed by atoms with Crippen LogP contribution < -0.4 is 23.7 Å². The van der Waals surface area contributed by atoms with Crippen LogP contribution in [0.3, 0.4) is 0 Å². The van der Waals surface area contributed by atoms with Crippen LogP contribution in [0.25, 0.3) is 17.2 Å². The number of carbonyl (C=O) groups is 8. The Bertz CT molecular complexity index is 3130. The number of hydrogen-bond donors (Lipinski definition) is 0. The number of aryl methyl sites for hydroxylation is 1. The van der Waals surface area contributed by atoms with Crippen molar-refractivity contribution in [3.8, 4) is 39.9 Å². The summed E-state index contributed by atoms with van der Waals surface area (Å²) in [5.74, 6) is -5.01. The Morgan fingerprint density at radius 1 is 0.402 bits per heavy atom. The van der Waals surface area contributed by atoms with Gasteiger partial charge in [0.1, 0.15) is 17.2 Å². The van der Waals surface area contributed by atoms with Gasteiger partial charge in [0.2, 0.25) is 0 Å². The maximum atomic E-state index is 13.7. The van der Waals surface area contributed by atoms with Crippen LogP contribution >= 0.6 is 0 Å². The highest BCUT2D eigenvalue weighted by Gasteiger charge is 2.22. The van der Waals surface area contributed by atoms with Gasteiger partial charge in [-0.1, -0.05) is 75.9 Å². The molecule has 4 aromatic rings. The van der Waals surface area contributed by atoms with Gasteiger partial charge in [0, 0.05) is 57.3 Å². The molecule has 4 aromatic carbocycles. The van der Waals surface area contributed by atoms with Gasteiger partial charge in [-0.25, -0.2) is 38.4 Å². The smallest absolute Gasteiger partial charge is 0.343 e. The highest BCUT2D eigenvalue weighted by Crippen LogP contribution is 2.32. The van der Waals surface area contributed by atoms with E-state index >= 15 is 0 Å². The van der Waals surface area contributed by atoms with Crippen LogP contribution in [0.4, 0.5) is 0 Å². The molecule has 0 atom stereocenters. The fourth-order valence-corrected chi connectivity index (χ4v) is 7.23. The Labute approximate surface area is 507 Å². The van der Waals surface area contributed by atoms with Crippen molar-refractivity contribution in [2.75, 3.05) is 59.5 Å². The molecule has 19 heteroatoms. The molecule has 4 rings (SSSR count). The molecule has 0 heterocycles. The Kier molecular flexibility index (Phi) is 28.4. The summed E-state index contributed by atoms with van der Waals surface area (Å²) in [5.41, 5.74) is 4.38. The van der Waals surface area contributed by atoms with Crippen LogP contribution in [-0.2, 0) is 62.0 Å². The molecule has 87 heavy (non-hydrogen) atoms. The summed E-state index contributed by atoms with van der Waals surface area (Å²) >= 11 is 0. The van der Waals surface area contributed by atoms with Crippen LogP contribution in [0.5, 0.6) is 28.7 Å². The van der Waals surface area contributed by atoms with E-state index in [1.54, 1.807) is 26.8 Å². The molecule has 0 bridgehead atoms. The van der Waals surface area contributed by atoms with E-state index in [1.807, 2.05) is 48.5 Å². The molecule has 0 N–H and O–H groups in total. The van der Waals surface area contributed by atoms with Crippen molar-refractivity contribution >= 4 is 53.8 Å². The minimum atomic E-state index is -0.772. The van der Waals surface area contributed by atoms with Crippen LogP contribution in [0.1, 0.15) is 82.3 Å². The predicted octanol–water partition coefficient (Wildman–Crippen LogP) is 11.4. The molecule has 0 fully saturated rings. The lowest BCUT2D eigenvalue weighted by Crippen LogP contribution is -2.23. The standard InChI is InChI=1S/C68H76O19/c1-42(2)62(70)80-36-50(37-81-63(71)43(3)4)28-31-77-56-22-19-54(20-23-56)53-17-14-49(15-18-53)16-27-61(69)87-58-26-24-57(34-48(58)13)86-68(76)55-21-25-59(78-32-29-51(38-82-64(72)44(5)6)39-83-65(73)45(7)8)60(35-55)79-33-30-52(40-84-66(74)46(9)10)41-85-67(75)47(11)12/h14-27,34-35,50-52H,1,3,5,7,9,11,28-33,36-41H2,2,4,6,8,10,12-13H3/b27-16+. The average Bonchev–Trinajstić information content (AvgIpc) is 3.53. The fourth-order valence-electron chi connectivity index (χ4n) is 7.23. The van der Waals surface area contributed by atoms with Crippen LogP contribution in [-0.4, -0.2) is 107 Å². The van der Waals surface area contributed by atoms with Crippen molar-refractivity contribution in [3.63, 3.8) is 0 Å². The zero-order valence-electron chi connectivity index (χ0n) is 50.5. The molecule has 0 aromatic heterocycles. The van der Waals surface area contributed by atoms with E-state index in [0.717, 1.165) is 16.7 Å². The van der Waals surface area contributed by atoms with Crippen LogP contribution in [0, 0.1) is 24.7 Å². The molecular weight excluding hydrogens is 1120 g/mol. The summed E-state index contributed by atoms with van der Waals surface area (Å²) in [6.45, 7) is 32.2. The minimum absolute atomic E-state index is 0.0100. The van der Waals surface area contributed by atoms with Gasteiger partial charge in [-0.15, -0.1) is 0 Å². The summed E-state index contributed by atoms with van der Waals surface area (Å²) in [5, 5.41) is 0. The third-order valence-electron chi connectivity index (χ3n) is 12.4. The second-order valence-electron chi connectivity index (χ2n) is 20.7. The first-order valence-electron chi connectivity index (χ1n) is 27.7. The molecule has 0 unspecified atom stereocenters. The number of hydrogen-bond acceptors (Lipinski definition) is 19. The van der Waals surface area contributed by atoms with Crippen molar-refractivity contribution in [3.05, 3.63) is 181 Å². The summed E-state index contributed by atoms with van der Waals surface area (Å²) in [6, 6.07) is 23.9. The monoisotopic (exact) mass is 1200 g/mol. The number of esters is 8. The van der Waals surface area contributed by atoms with E-state index in [2.05, 4.69) is 39.5 Å². The molecule has 0 saturated heterocycles. The zero-order valence-corrected chi connectivity index (χ0v) is 50.5. The molecular formula is C68H76O19. The first-order valence-corrected chi connectivity index (χ1v) is 27.7. The van der Waals surface area contributed by atoms with Gasteiger partial charge >= 0.3 is 47.8 Å². The molecule has 462 valence electrons. The summed E-state index contributed by atoms with van der Waals surface area (Å²) in [7, 11) is 0. The lowest BCUT2D eigenvalue weighted by Gasteiger charge is -2.20. The molecule has 0 radical (unpaired) electrons. The van der Waals surface area contributed by atoms with E-state index in [9.17, 15) is 38.4 Å². The van der Waals surface area contributed by atoms with Crippen molar-refractivity contribution in [2.45, 2.75) is 67.7 Å². The highest BCUT2D eigenvalue weighted by atomic mass is 16.6. The Hall–Kier alpha value is -9.78. The molecule has 0 saturated carbocycles. The highest BCUT2D eigenvalue weighted by molar-refractivity contribution is 5.93. The lowest BCUT2D eigenvalue weighted by molar-refractivity contribution is -0.146. The van der Waals surface area contributed by atoms with Gasteiger partial charge in [0.05, 0.1) is 65.0 Å². The number of benzene rings is 4. The molecule has 0 amide bonds. The minimum Gasteiger partial charge on any atom is -0.494 e. The normalized spacial score (nSPS) is 10.8. The largest absolute Gasteiger partial charge is 0.494 e. The second kappa shape index (κ2) is 35.5. The summed E-state index contributed by atoms with van der Waals surface area (Å²) in [4.78, 5) is 99.6. The van der Waals surface area contributed by atoms with Gasteiger partial charge in [-0.05, 0) is 145 Å². The Morgan fingerprint density at radius 2 is 0.759 bits per heavy atom. The van der Waals surface area contributed by atoms with Crippen molar-refractivity contribution in [2.24, 2.45) is 17.8 Å². The van der Waals surface area contributed by atoms with Gasteiger partial charge < -0.3 is 52.1 Å². The van der Waals surface area contributed by atoms with Gasteiger partial charge in [0.25, 0.3) is 0 Å². The molecule has 0 aliphatic heterocycles. The fraction of sp³-hybridized carbons (Fsp3) is 0.324. The zero-order chi connectivity index (χ0) is 64.2. The maximum Gasteiger partial charge on any atom is 0.343 e.